The van der Waals surface area contributed by atoms with Crippen LogP contribution in [0, 0.1) is 25.5 Å². The van der Waals surface area contributed by atoms with Gasteiger partial charge in [0.05, 0.1) is 9.86 Å². The van der Waals surface area contributed by atoms with Crippen LogP contribution in [0.2, 0.25) is 0 Å². The van der Waals surface area contributed by atoms with Crippen molar-refractivity contribution in [3.05, 3.63) is 33.4 Å². The minimum Gasteiger partial charge on any atom is -0.398 e. The summed E-state index contributed by atoms with van der Waals surface area (Å²) in [6.45, 7) is 3.44. The Morgan fingerprint density at radius 2 is 1.94 bits per heavy atom. The van der Waals surface area contributed by atoms with E-state index in [1.54, 1.807) is 13.8 Å². The molecule has 0 bridgehead atoms. The van der Waals surface area contributed by atoms with Gasteiger partial charge in [0, 0.05) is 11.4 Å². The highest BCUT2D eigenvalue weighted by Gasteiger charge is 2.17. The molecule has 1 heterocycles. The van der Waals surface area contributed by atoms with Gasteiger partial charge in [-0.05, 0) is 41.4 Å². The topological polar surface area (TPSA) is 38.9 Å². The fourth-order valence-electron chi connectivity index (χ4n) is 1.57. The second-order valence-electron chi connectivity index (χ2n) is 3.61. The van der Waals surface area contributed by atoms with E-state index in [0.717, 1.165) is 6.07 Å². The zero-order valence-electron chi connectivity index (χ0n) is 8.74. The molecule has 1 aromatic carbocycles. The molecule has 0 atom stereocenters. The molecule has 84 valence electrons. The van der Waals surface area contributed by atoms with Crippen LogP contribution in [-0.4, -0.2) is 4.98 Å². The number of nitrogens with zero attached hydrogens (tertiary/aromatic N) is 1. The summed E-state index contributed by atoms with van der Waals surface area (Å²) in [7, 11) is 0. The van der Waals surface area contributed by atoms with Gasteiger partial charge in [-0.1, -0.05) is 0 Å². The molecule has 0 unspecified atom stereocenters. The fourth-order valence-corrected chi connectivity index (χ4v) is 1.97. The first-order chi connectivity index (χ1) is 7.43. The van der Waals surface area contributed by atoms with E-state index in [9.17, 15) is 8.78 Å². The van der Waals surface area contributed by atoms with Crippen LogP contribution in [0.15, 0.2) is 10.5 Å². The van der Waals surface area contributed by atoms with Crippen molar-refractivity contribution < 1.29 is 8.78 Å². The first-order valence-electron chi connectivity index (χ1n) is 4.63. The summed E-state index contributed by atoms with van der Waals surface area (Å²) in [6.07, 6.45) is 0. The summed E-state index contributed by atoms with van der Waals surface area (Å²) < 4.78 is 27.5. The second kappa shape index (κ2) is 3.66. The largest absolute Gasteiger partial charge is 0.398 e. The standard InChI is InChI=1S/C11H9BrF2N2/c1-4-5(2)16-11-7(13)3-6(12)9(14)8(11)10(4)15/h3H,1-2H3,(H2,15,16). The Balaban J connectivity index is 3.07. The number of hydrogen-bond acceptors (Lipinski definition) is 2. The van der Waals surface area contributed by atoms with E-state index in [0.29, 0.717) is 11.3 Å². The van der Waals surface area contributed by atoms with Crippen LogP contribution >= 0.6 is 15.9 Å². The molecule has 2 N–H and O–H groups in total. The Bertz CT molecular complexity index is 597. The summed E-state index contributed by atoms with van der Waals surface area (Å²) in [4.78, 5) is 4.02. The van der Waals surface area contributed by atoms with Crippen molar-refractivity contribution in [2.45, 2.75) is 13.8 Å². The predicted octanol–water partition coefficient (Wildman–Crippen LogP) is 3.47. The van der Waals surface area contributed by atoms with Gasteiger partial charge in [0.2, 0.25) is 0 Å². The van der Waals surface area contributed by atoms with Crippen LogP contribution in [0.25, 0.3) is 10.9 Å². The Labute approximate surface area is 99.6 Å². The van der Waals surface area contributed by atoms with E-state index in [1.165, 1.54) is 0 Å². The summed E-state index contributed by atoms with van der Waals surface area (Å²) >= 11 is 2.95. The van der Waals surface area contributed by atoms with Gasteiger partial charge in [-0.2, -0.15) is 0 Å². The number of fused-ring (bicyclic) bond motifs is 1. The molecule has 0 aliphatic carbocycles. The second-order valence-corrected chi connectivity index (χ2v) is 4.47. The fraction of sp³-hybridized carbons (Fsp3) is 0.182. The maximum atomic E-state index is 13.8. The van der Waals surface area contributed by atoms with E-state index in [-0.39, 0.29) is 21.1 Å². The first-order valence-corrected chi connectivity index (χ1v) is 5.42. The number of benzene rings is 1. The van der Waals surface area contributed by atoms with E-state index in [4.69, 9.17) is 5.73 Å². The smallest absolute Gasteiger partial charge is 0.150 e. The van der Waals surface area contributed by atoms with Gasteiger partial charge in [-0.3, -0.25) is 0 Å². The van der Waals surface area contributed by atoms with Gasteiger partial charge in [-0.15, -0.1) is 0 Å². The summed E-state index contributed by atoms with van der Waals surface area (Å²) in [5.41, 5.74) is 7.27. The number of aromatic nitrogens is 1. The SMILES string of the molecule is Cc1nc2c(F)cc(Br)c(F)c2c(N)c1C. The number of halogens is 3. The Morgan fingerprint density at radius 1 is 1.31 bits per heavy atom. The van der Waals surface area contributed by atoms with Crippen molar-refractivity contribution in [1.82, 2.24) is 4.98 Å². The lowest BCUT2D eigenvalue weighted by molar-refractivity contribution is 0.609. The molecule has 2 rings (SSSR count). The monoisotopic (exact) mass is 286 g/mol. The van der Waals surface area contributed by atoms with Crippen molar-refractivity contribution in [3.63, 3.8) is 0 Å². The number of aryl methyl sites for hydroxylation is 1. The maximum Gasteiger partial charge on any atom is 0.150 e. The predicted molar refractivity (Wildman–Crippen MR) is 63.2 cm³/mol. The zero-order chi connectivity index (χ0) is 12.0. The van der Waals surface area contributed by atoms with Gasteiger partial charge in [0.25, 0.3) is 0 Å². The lowest BCUT2D eigenvalue weighted by Crippen LogP contribution is -2.01. The third kappa shape index (κ3) is 1.46. The van der Waals surface area contributed by atoms with E-state index >= 15 is 0 Å². The van der Waals surface area contributed by atoms with E-state index in [1.807, 2.05) is 0 Å². The molecule has 0 saturated heterocycles. The third-order valence-electron chi connectivity index (χ3n) is 2.64. The molecular weight excluding hydrogens is 278 g/mol. The molecule has 2 nitrogen and oxygen atoms in total. The number of rotatable bonds is 0. The number of anilines is 1. The lowest BCUT2D eigenvalue weighted by Gasteiger charge is -2.10. The molecule has 0 radical (unpaired) electrons. The molecule has 0 fully saturated rings. The Morgan fingerprint density at radius 3 is 2.56 bits per heavy atom. The van der Waals surface area contributed by atoms with E-state index in [2.05, 4.69) is 20.9 Å². The highest BCUT2D eigenvalue weighted by Crippen LogP contribution is 2.32. The van der Waals surface area contributed by atoms with Crippen LogP contribution in [0.1, 0.15) is 11.3 Å². The van der Waals surface area contributed by atoms with Crippen molar-refractivity contribution in [2.75, 3.05) is 5.73 Å². The van der Waals surface area contributed by atoms with Gasteiger partial charge >= 0.3 is 0 Å². The van der Waals surface area contributed by atoms with Crippen molar-refractivity contribution in [2.24, 2.45) is 0 Å². The number of nitrogen functional groups attached to an aromatic ring is 1. The molecular formula is C11H9BrF2N2. The molecule has 2 aromatic rings. The van der Waals surface area contributed by atoms with Crippen LogP contribution in [0.4, 0.5) is 14.5 Å². The number of nitrogens with two attached hydrogens (primary N) is 1. The van der Waals surface area contributed by atoms with E-state index < -0.39 is 11.6 Å². The van der Waals surface area contributed by atoms with Crippen LogP contribution in [0.3, 0.4) is 0 Å². The lowest BCUT2D eigenvalue weighted by atomic mass is 10.1. The molecule has 0 aliphatic rings. The van der Waals surface area contributed by atoms with Crippen molar-refractivity contribution in [1.29, 1.82) is 0 Å². The van der Waals surface area contributed by atoms with Gasteiger partial charge in [-0.25, -0.2) is 13.8 Å². The maximum absolute atomic E-state index is 13.8. The minimum atomic E-state index is -0.585. The summed E-state index contributed by atoms with van der Waals surface area (Å²) in [5.74, 6) is -1.16. The average Bonchev–Trinajstić information content (AvgIpc) is 2.22. The highest BCUT2D eigenvalue weighted by atomic mass is 79.9. The van der Waals surface area contributed by atoms with Gasteiger partial charge in [0.15, 0.2) is 5.82 Å². The Hall–Kier alpha value is -1.23. The highest BCUT2D eigenvalue weighted by molar-refractivity contribution is 9.10. The van der Waals surface area contributed by atoms with Crippen molar-refractivity contribution >= 4 is 32.5 Å². The summed E-state index contributed by atoms with van der Waals surface area (Å²) in [5, 5.41) is 0.0370. The van der Waals surface area contributed by atoms with Crippen LogP contribution in [-0.2, 0) is 0 Å². The molecule has 0 saturated carbocycles. The molecule has 5 heteroatoms. The van der Waals surface area contributed by atoms with Crippen LogP contribution < -0.4 is 5.73 Å². The quantitative estimate of drug-likeness (QED) is 0.753. The van der Waals surface area contributed by atoms with Gasteiger partial charge < -0.3 is 5.73 Å². The molecule has 16 heavy (non-hydrogen) atoms. The third-order valence-corrected chi connectivity index (χ3v) is 3.22. The number of pyridine rings is 1. The average molecular weight is 287 g/mol. The minimum absolute atomic E-state index is 0.0266. The molecule has 0 spiro atoms. The molecule has 0 aliphatic heterocycles. The summed E-state index contributed by atoms with van der Waals surface area (Å²) in [6, 6.07) is 1.05. The van der Waals surface area contributed by atoms with Crippen molar-refractivity contribution in [3.8, 4) is 0 Å². The van der Waals surface area contributed by atoms with Crippen LogP contribution in [0.5, 0.6) is 0 Å². The number of hydrogen-bond donors (Lipinski definition) is 1. The molecule has 1 aromatic heterocycles. The zero-order valence-corrected chi connectivity index (χ0v) is 10.3. The van der Waals surface area contributed by atoms with Gasteiger partial charge in [0.1, 0.15) is 11.3 Å². The first kappa shape index (κ1) is 11.3. The normalized spacial score (nSPS) is 11.1. The molecule has 0 amide bonds. The Kier molecular flexibility index (Phi) is 2.58.